The second-order valence-electron chi connectivity index (χ2n) is 3.35. The van der Waals surface area contributed by atoms with E-state index in [-0.39, 0.29) is 17.9 Å². The summed E-state index contributed by atoms with van der Waals surface area (Å²) in [5, 5.41) is 5.53. The molecule has 2 amide bonds. The fraction of sp³-hybridized carbons (Fsp3) is 0.778. The monoisotopic (exact) mass is 217 g/mol. The molecule has 0 bridgehead atoms. The van der Waals surface area contributed by atoms with Crippen molar-refractivity contribution in [3.05, 3.63) is 0 Å². The standard InChI is InChI=1S/C9H19N3O3/c1-6(8(13)15-3)7(2)11-4-5-12-9(10)14/h6-7,11H,4-5H2,1-3H3,(H3,10,12,14). The van der Waals surface area contributed by atoms with E-state index in [1.54, 1.807) is 6.92 Å². The van der Waals surface area contributed by atoms with Crippen LogP contribution < -0.4 is 16.4 Å². The predicted octanol–water partition coefficient (Wildman–Crippen LogP) is -0.558. The first-order chi connectivity index (χ1) is 6.99. The van der Waals surface area contributed by atoms with Crippen molar-refractivity contribution >= 4 is 12.0 Å². The molecular formula is C9H19N3O3. The van der Waals surface area contributed by atoms with Crippen LogP contribution in [-0.4, -0.2) is 38.2 Å². The third kappa shape index (κ3) is 5.90. The summed E-state index contributed by atoms with van der Waals surface area (Å²) in [4.78, 5) is 21.5. The first-order valence-corrected chi connectivity index (χ1v) is 4.83. The van der Waals surface area contributed by atoms with Crippen molar-refractivity contribution in [2.24, 2.45) is 11.7 Å². The molecule has 15 heavy (non-hydrogen) atoms. The van der Waals surface area contributed by atoms with Crippen molar-refractivity contribution in [1.29, 1.82) is 0 Å². The zero-order valence-corrected chi connectivity index (χ0v) is 9.37. The molecule has 0 aliphatic heterocycles. The summed E-state index contributed by atoms with van der Waals surface area (Å²) >= 11 is 0. The highest BCUT2D eigenvalue weighted by molar-refractivity contribution is 5.72. The normalized spacial score (nSPS) is 14.1. The fourth-order valence-corrected chi connectivity index (χ4v) is 1.05. The average Bonchev–Trinajstić information content (AvgIpc) is 2.21. The summed E-state index contributed by atoms with van der Waals surface area (Å²) in [5.41, 5.74) is 4.89. The topological polar surface area (TPSA) is 93.4 Å². The third-order valence-electron chi connectivity index (χ3n) is 2.21. The molecule has 0 aromatic rings. The number of nitrogens with one attached hydrogen (secondary N) is 2. The molecule has 0 aliphatic carbocycles. The molecule has 0 fully saturated rings. The Bertz CT molecular complexity index is 221. The van der Waals surface area contributed by atoms with Crippen LogP contribution in [-0.2, 0) is 9.53 Å². The number of hydrogen-bond donors (Lipinski definition) is 3. The number of hydrogen-bond acceptors (Lipinski definition) is 4. The molecule has 0 aliphatic rings. The van der Waals surface area contributed by atoms with Gasteiger partial charge in [-0.05, 0) is 6.92 Å². The van der Waals surface area contributed by atoms with Gasteiger partial charge in [0, 0.05) is 19.1 Å². The Morgan fingerprint density at radius 1 is 1.33 bits per heavy atom. The smallest absolute Gasteiger partial charge is 0.312 e. The summed E-state index contributed by atoms with van der Waals surface area (Å²) in [5.74, 6) is -0.471. The molecule has 2 atom stereocenters. The van der Waals surface area contributed by atoms with Gasteiger partial charge in [-0.15, -0.1) is 0 Å². The lowest BCUT2D eigenvalue weighted by Gasteiger charge is -2.19. The number of amides is 2. The van der Waals surface area contributed by atoms with Crippen LogP contribution in [0.3, 0.4) is 0 Å². The van der Waals surface area contributed by atoms with E-state index in [0.717, 1.165) is 0 Å². The summed E-state index contributed by atoms with van der Waals surface area (Å²) < 4.78 is 4.61. The van der Waals surface area contributed by atoms with Crippen molar-refractivity contribution in [2.75, 3.05) is 20.2 Å². The zero-order chi connectivity index (χ0) is 11.8. The molecule has 0 saturated heterocycles. The van der Waals surface area contributed by atoms with Gasteiger partial charge in [-0.1, -0.05) is 6.92 Å². The van der Waals surface area contributed by atoms with E-state index in [2.05, 4.69) is 15.4 Å². The lowest BCUT2D eigenvalue weighted by Crippen LogP contribution is -2.42. The number of carbonyl (C=O) groups excluding carboxylic acids is 2. The largest absolute Gasteiger partial charge is 0.469 e. The van der Waals surface area contributed by atoms with Crippen LogP contribution in [0.1, 0.15) is 13.8 Å². The van der Waals surface area contributed by atoms with Gasteiger partial charge in [0.2, 0.25) is 0 Å². The molecule has 6 heteroatoms. The Balaban J connectivity index is 3.68. The molecule has 0 radical (unpaired) electrons. The maximum absolute atomic E-state index is 11.1. The van der Waals surface area contributed by atoms with Gasteiger partial charge in [0.1, 0.15) is 0 Å². The number of ether oxygens (including phenoxy) is 1. The van der Waals surface area contributed by atoms with E-state index < -0.39 is 6.03 Å². The number of methoxy groups -OCH3 is 1. The molecule has 4 N–H and O–H groups in total. The van der Waals surface area contributed by atoms with Gasteiger partial charge in [-0.25, -0.2) is 4.79 Å². The molecule has 0 heterocycles. The van der Waals surface area contributed by atoms with E-state index >= 15 is 0 Å². The number of carbonyl (C=O) groups is 2. The van der Waals surface area contributed by atoms with Gasteiger partial charge < -0.3 is 21.1 Å². The molecular weight excluding hydrogens is 198 g/mol. The zero-order valence-electron chi connectivity index (χ0n) is 9.37. The van der Waals surface area contributed by atoms with Crippen LogP contribution in [0.25, 0.3) is 0 Å². The maximum atomic E-state index is 11.1. The number of rotatable bonds is 6. The minimum absolute atomic E-state index is 0.00729. The Morgan fingerprint density at radius 2 is 1.93 bits per heavy atom. The second kappa shape index (κ2) is 7.05. The number of primary amides is 1. The van der Waals surface area contributed by atoms with Gasteiger partial charge >= 0.3 is 12.0 Å². The average molecular weight is 217 g/mol. The number of urea groups is 1. The molecule has 2 unspecified atom stereocenters. The first-order valence-electron chi connectivity index (χ1n) is 4.83. The molecule has 0 rings (SSSR count). The van der Waals surface area contributed by atoms with Crippen LogP contribution in [0.4, 0.5) is 4.79 Å². The predicted molar refractivity (Wildman–Crippen MR) is 56.2 cm³/mol. The number of nitrogens with two attached hydrogens (primary N) is 1. The summed E-state index contributed by atoms with van der Waals surface area (Å²) in [6, 6.07) is -0.558. The third-order valence-corrected chi connectivity index (χ3v) is 2.21. The lowest BCUT2D eigenvalue weighted by molar-refractivity contribution is -0.145. The SMILES string of the molecule is COC(=O)C(C)C(C)NCCNC(N)=O. The Morgan fingerprint density at radius 3 is 2.40 bits per heavy atom. The van der Waals surface area contributed by atoms with Crippen molar-refractivity contribution in [3.8, 4) is 0 Å². The van der Waals surface area contributed by atoms with Gasteiger partial charge in [0.25, 0.3) is 0 Å². The van der Waals surface area contributed by atoms with Crippen LogP contribution in [0.15, 0.2) is 0 Å². The van der Waals surface area contributed by atoms with Crippen LogP contribution in [0.2, 0.25) is 0 Å². The van der Waals surface area contributed by atoms with Gasteiger partial charge in [-0.2, -0.15) is 0 Å². The van der Waals surface area contributed by atoms with E-state index in [4.69, 9.17) is 5.73 Å². The minimum Gasteiger partial charge on any atom is -0.469 e. The molecule has 6 nitrogen and oxygen atoms in total. The van der Waals surface area contributed by atoms with Crippen LogP contribution in [0.5, 0.6) is 0 Å². The second-order valence-corrected chi connectivity index (χ2v) is 3.35. The summed E-state index contributed by atoms with van der Waals surface area (Å²) in [6.07, 6.45) is 0. The van der Waals surface area contributed by atoms with Gasteiger partial charge in [0.15, 0.2) is 0 Å². The van der Waals surface area contributed by atoms with E-state index in [0.29, 0.717) is 13.1 Å². The van der Waals surface area contributed by atoms with Crippen molar-refractivity contribution in [2.45, 2.75) is 19.9 Å². The Kier molecular flexibility index (Phi) is 6.44. The van der Waals surface area contributed by atoms with E-state index in [9.17, 15) is 9.59 Å². The highest BCUT2D eigenvalue weighted by Crippen LogP contribution is 2.03. The highest BCUT2D eigenvalue weighted by atomic mass is 16.5. The summed E-state index contributed by atoms with van der Waals surface area (Å²) in [6.45, 7) is 4.66. The number of esters is 1. The molecule has 88 valence electrons. The van der Waals surface area contributed by atoms with Gasteiger partial charge in [-0.3, -0.25) is 4.79 Å². The Labute approximate surface area is 89.5 Å². The molecule has 0 aromatic heterocycles. The van der Waals surface area contributed by atoms with Crippen molar-refractivity contribution in [1.82, 2.24) is 10.6 Å². The quantitative estimate of drug-likeness (QED) is 0.411. The van der Waals surface area contributed by atoms with Crippen LogP contribution in [0, 0.1) is 5.92 Å². The lowest BCUT2D eigenvalue weighted by atomic mass is 10.0. The molecule has 0 spiro atoms. The van der Waals surface area contributed by atoms with Gasteiger partial charge in [0.05, 0.1) is 13.0 Å². The first kappa shape index (κ1) is 13.7. The molecule has 0 aromatic carbocycles. The van der Waals surface area contributed by atoms with E-state index in [1.807, 2.05) is 6.92 Å². The minimum atomic E-state index is -0.550. The molecule has 0 saturated carbocycles. The van der Waals surface area contributed by atoms with Crippen molar-refractivity contribution in [3.63, 3.8) is 0 Å². The maximum Gasteiger partial charge on any atom is 0.312 e. The Hall–Kier alpha value is -1.30. The highest BCUT2D eigenvalue weighted by Gasteiger charge is 2.19. The van der Waals surface area contributed by atoms with E-state index in [1.165, 1.54) is 7.11 Å². The summed E-state index contributed by atoms with van der Waals surface area (Å²) in [7, 11) is 1.36. The fourth-order valence-electron chi connectivity index (χ4n) is 1.05. The van der Waals surface area contributed by atoms with Crippen molar-refractivity contribution < 1.29 is 14.3 Å². The van der Waals surface area contributed by atoms with Crippen LogP contribution >= 0.6 is 0 Å².